The maximum absolute atomic E-state index is 12.4. The quantitative estimate of drug-likeness (QED) is 0.329. The van der Waals surface area contributed by atoms with Crippen molar-refractivity contribution in [3.63, 3.8) is 0 Å². The largest absolute Gasteiger partial charge is 0.457 e. The van der Waals surface area contributed by atoms with E-state index in [9.17, 15) is 9.59 Å². The van der Waals surface area contributed by atoms with Crippen LogP contribution in [0.1, 0.15) is 26.5 Å². The number of carbonyl (C=O) groups is 2. The summed E-state index contributed by atoms with van der Waals surface area (Å²) in [7, 11) is 0. The Morgan fingerprint density at radius 1 is 0.792 bits per heavy atom. The van der Waals surface area contributed by atoms with Crippen LogP contribution in [-0.4, -0.2) is 11.6 Å². The molecule has 0 saturated carbocycles. The first kappa shape index (κ1) is 15.1. The minimum absolute atomic E-state index is 0.153. The van der Waals surface area contributed by atoms with Crippen LogP contribution >= 0.6 is 22.6 Å². The molecule has 1 aliphatic rings. The molecule has 1 heterocycles. The van der Waals surface area contributed by atoms with Gasteiger partial charge in [-0.3, -0.25) is 9.59 Å². The molecule has 3 nitrogen and oxygen atoms in total. The standard InChI is InChI=1S/C20H11IO3/c21-13-7-5-12(6-8-13)18-10-9-14(24-18)11-17-19(22)15-3-1-2-4-16(15)20(17)23/h1-11H. The van der Waals surface area contributed by atoms with Crippen molar-refractivity contribution in [1.29, 1.82) is 0 Å². The maximum Gasteiger partial charge on any atom is 0.197 e. The van der Waals surface area contributed by atoms with Crippen molar-refractivity contribution in [2.75, 3.05) is 0 Å². The van der Waals surface area contributed by atoms with Gasteiger partial charge in [-0.1, -0.05) is 36.4 Å². The van der Waals surface area contributed by atoms with E-state index in [-0.39, 0.29) is 17.1 Å². The first-order chi connectivity index (χ1) is 11.6. The van der Waals surface area contributed by atoms with Crippen LogP contribution in [0.5, 0.6) is 0 Å². The average Bonchev–Trinajstić information content (AvgIpc) is 3.16. The number of furan rings is 1. The van der Waals surface area contributed by atoms with E-state index < -0.39 is 0 Å². The highest BCUT2D eigenvalue weighted by Gasteiger charge is 2.32. The van der Waals surface area contributed by atoms with Crippen LogP contribution in [0.4, 0.5) is 0 Å². The summed E-state index contributed by atoms with van der Waals surface area (Å²) in [5.74, 6) is 0.701. The maximum atomic E-state index is 12.4. The van der Waals surface area contributed by atoms with Crippen molar-refractivity contribution in [2.24, 2.45) is 0 Å². The van der Waals surface area contributed by atoms with Crippen molar-refractivity contribution in [1.82, 2.24) is 0 Å². The fraction of sp³-hybridized carbons (Fsp3) is 0. The molecule has 4 heteroatoms. The lowest BCUT2D eigenvalue weighted by Crippen LogP contribution is -1.99. The topological polar surface area (TPSA) is 47.3 Å². The Morgan fingerprint density at radius 3 is 2.04 bits per heavy atom. The Kier molecular flexibility index (Phi) is 3.69. The lowest BCUT2D eigenvalue weighted by molar-refractivity contribution is 0.0990. The van der Waals surface area contributed by atoms with Gasteiger partial charge in [-0.2, -0.15) is 0 Å². The van der Waals surface area contributed by atoms with E-state index in [4.69, 9.17) is 4.42 Å². The molecule has 0 amide bonds. The van der Waals surface area contributed by atoms with Crippen molar-refractivity contribution < 1.29 is 14.0 Å². The minimum atomic E-state index is -0.247. The monoisotopic (exact) mass is 426 g/mol. The summed E-state index contributed by atoms with van der Waals surface area (Å²) in [5.41, 5.74) is 2.02. The number of fused-ring (bicyclic) bond motifs is 1. The minimum Gasteiger partial charge on any atom is -0.457 e. The summed E-state index contributed by atoms with van der Waals surface area (Å²) >= 11 is 2.24. The number of ketones is 2. The second kappa shape index (κ2) is 5.87. The zero-order valence-electron chi connectivity index (χ0n) is 12.5. The van der Waals surface area contributed by atoms with Crippen LogP contribution in [-0.2, 0) is 0 Å². The van der Waals surface area contributed by atoms with Crippen molar-refractivity contribution >= 4 is 40.2 Å². The smallest absolute Gasteiger partial charge is 0.197 e. The SMILES string of the molecule is O=C1C(=Cc2ccc(-c3ccc(I)cc3)o2)C(=O)c2ccccc21. The van der Waals surface area contributed by atoms with Gasteiger partial charge in [0.05, 0.1) is 5.57 Å². The second-order valence-corrected chi connectivity index (χ2v) is 6.72. The Bertz CT molecular complexity index is 957. The third kappa shape index (κ3) is 2.53. The number of hydrogen-bond acceptors (Lipinski definition) is 3. The molecule has 0 radical (unpaired) electrons. The van der Waals surface area contributed by atoms with Crippen LogP contribution in [0.25, 0.3) is 17.4 Å². The summed E-state index contributed by atoms with van der Waals surface area (Å²) in [6.07, 6.45) is 1.53. The number of allylic oxidation sites excluding steroid dienone is 1. The summed E-state index contributed by atoms with van der Waals surface area (Å²) < 4.78 is 6.93. The highest BCUT2D eigenvalue weighted by molar-refractivity contribution is 14.1. The first-order valence-electron chi connectivity index (χ1n) is 7.39. The first-order valence-corrected chi connectivity index (χ1v) is 8.47. The van der Waals surface area contributed by atoms with Gasteiger partial charge in [0.15, 0.2) is 11.6 Å². The predicted molar refractivity (Wildman–Crippen MR) is 99.9 cm³/mol. The molecule has 116 valence electrons. The molecule has 0 N–H and O–H groups in total. The van der Waals surface area contributed by atoms with E-state index >= 15 is 0 Å². The highest BCUT2D eigenvalue weighted by Crippen LogP contribution is 2.29. The van der Waals surface area contributed by atoms with E-state index in [1.807, 2.05) is 30.3 Å². The number of hydrogen-bond donors (Lipinski definition) is 0. The lowest BCUT2D eigenvalue weighted by atomic mass is 10.1. The van der Waals surface area contributed by atoms with Gasteiger partial charge in [0.2, 0.25) is 0 Å². The molecule has 4 rings (SSSR count). The normalized spacial score (nSPS) is 13.3. The number of rotatable bonds is 2. The Balaban J connectivity index is 1.69. The molecule has 2 aromatic carbocycles. The summed E-state index contributed by atoms with van der Waals surface area (Å²) in [5, 5.41) is 0. The molecular formula is C20H11IO3. The van der Waals surface area contributed by atoms with Crippen LogP contribution < -0.4 is 0 Å². The summed E-state index contributed by atoms with van der Waals surface area (Å²) in [4.78, 5) is 24.8. The van der Waals surface area contributed by atoms with E-state index in [1.54, 1.807) is 30.3 Å². The molecule has 0 aliphatic heterocycles. The summed E-state index contributed by atoms with van der Waals surface area (Å²) in [6, 6.07) is 18.4. The zero-order valence-corrected chi connectivity index (χ0v) is 14.6. The lowest BCUT2D eigenvalue weighted by Gasteiger charge is -1.97. The number of carbonyl (C=O) groups excluding carboxylic acids is 2. The van der Waals surface area contributed by atoms with Gasteiger partial charge in [0, 0.05) is 20.3 Å². The van der Waals surface area contributed by atoms with Gasteiger partial charge in [0.1, 0.15) is 11.5 Å². The van der Waals surface area contributed by atoms with E-state index in [1.165, 1.54) is 6.08 Å². The number of Topliss-reactive ketones (excluding diaryl/α,β-unsaturated/α-hetero) is 2. The third-order valence-corrected chi connectivity index (χ3v) is 4.67. The van der Waals surface area contributed by atoms with Crippen LogP contribution in [0.3, 0.4) is 0 Å². The van der Waals surface area contributed by atoms with Gasteiger partial charge in [-0.05, 0) is 52.9 Å². The van der Waals surface area contributed by atoms with Crippen LogP contribution in [0, 0.1) is 3.57 Å². The van der Waals surface area contributed by atoms with Gasteiger partial charge >= 0.3 is 0 Å². The summed E-state index contributed by atoms with van der Waals surface area (Å²) in [6.45, 7) is 0. The van der Waals surface area contributed by atoms with Gasteiger partial charge in [-0.25, -0.2) is 0 Å². The Labute approximate surface area is 152 Å². The van der Waals surface area contributed by atoms with Gasteiger partial charge in [-0.15, -0.1) is 0 Å². The van der Waals surface area contributed by atoms with Gasteiger partial charge < -0.3 is 4.42 Å². The molecule has 0 atom stereocenters. The van der Waals surface area contributed by atoms with E-state index in [0.29, 0.717) is 22.6 Å². The van der Waals surface area contributed by atoms with Crippen molar-refractivity contribution in [2.45, 2.75) is 0 Å². The van der Waals surface area contributed by atoms with Gasteiger partial charge in [0.25, 0.3) is 0 Å². The van der Waals surface area contributed by atoms with Crippen molar-refractivity contribution in [3.8, 4) is 11.3 Å². The molecule has 24 heavy (non-hydrogen) atoms. The average molecular weight is 426 g/mol. The number of benzene rings is 2. The predicted octanol–water partition coefficient (Wildman–Crippen LogP) is 5.01. The van der Waals surface area contributed by atoms with E-state index in [0.717, 1.165) is 9.13 Å². The highest BCUT2D eigenvalue weighted by atomic mass is 127. The Hall–Kier alpha value is -2.47. The third-order valence-electron chi connectivity index (χ3n) is 3.95. The molecule has 1 aliphatic carbocycles. The van der Waals surface area contributed by atoms with Crippen LogP contribution in [0.15, 0.2) is 70.7 Å². The molecule has 0 spiro atoms. The van der Waals surface area contributed by atoms with Crippen LogP contribution in [0.2, 0.25) is 0 Å². The molecule has 0 bridgehead atoms. The molecule has 0 unspecified atom stereocenters. The van der Waals surface area contributed by atoms with Crippen molar-refractivity contribution in [3.05, 3.63) is 86.7 Å². The fourth-order valence-corrected chi connectivity index (χ4v) is 3.11. The molecular weight excluding hydrogens is 415 g/mol. The Morgan fingerprint density at radius 2 is 1.42 bits per heavy atom. The number of halogens is 1. The second-order valence-electron chi connectivity index (χ2n) is 5.47. The molecule has 1 aromatic heterocycles. The fourth-order valence-electron chi connectivity index (χ4n) is 2.75. The molecule has 3 aromatic rings. The zero-order chi connectivity index (χ0) is 16.7. The van der Waals surface area contributed by atoms with E-state index in [2.05, 4.69) is 22.6 Å². The molecule has 0 saturated heterocycles. The molecule has 0 fully saturated rings.